The first kappa shape index (κ1) is 22.4. The van der Waals surface area contributed by atoms with Crippen LogP contribution in [0.3, 0.4) is 0 Å². The van der Waals surface area contributed by atoms with Gasteiger partial charge >= 0.3 is 0 Å². The van der Waals surface area contributed by atoms with Crippen molar-refractivity contribution in [1.82, 2.24) is 14.9 Å². The molecule has 1 aliphatic heterocycles. The van der Waals surface area contributed by atoms with Crippen LogP contribution in [-0.4, -0.2) is 26.0 Å². The Labute approximate surface area is 207 Å². The summed E-state index contributed by atoms with van der Waals surface area (Å²) < 4.78 is 22.1. The van der Waals surface area contributed by atoms with Gasteiger partial charge in [-0.3, -0.25) is 4.79 Å². The molecule has 172 valence electrons. The van der Waals surface area contributed by atoms with E-state index in [0.29, 0.717) is 22.4 Å². The van der Waals surface area contributed by atoms with E-state index < -0.39 is 11.3 Å². The molecule has 0 unspecified atom stereocenters. The summed E-state index contributed by atoms with van der Waals surface area (Å²) in [6, 6.07) is 22.4. The van der Waals surface area contributed by atoms with E-state index >= 15 is 0 Å². The third-order valence-electron chi connectivity index (χ3n) is 5.21. The van der Waals surface area contributed by atoms with Crippen LogP contribution >= 0.6 is 27.7 Å². The van der Waals surface area contributed by atoms with Crippen LogP contribution in [0.4, 0.5) is 10.1 Å². The SMILES string of the molecule is O=C(Nc1ccc(Br)cc1)[C@@H]1Sc2nnc(COc3ccccc3)n2N[C@H]1c1ccc(F)cc1. The molecule has 2 N–H and O–H groups in total. The zero-order valence-corrected chi connectivity index (χ0v) is 20.1. The van der Waals surface area contributed by atoms with Gasteiger partial charge in [0.25, 0.3) is 0 Å². The molecule has 2 atom stereocenters. The Balaban J connectivity index is 1.41. The molecule has 34 heavy (non-hydrogen) atoms. The van der Waals surface area contributed by atoms with Crippen molar-refractivity contribution in [1.29, 1.82) is 0 Å². The number of halogens is 2. The lowest BCUT2D eigenvalue weighted by atomic mass is 10.0. The average molecular weight is 540 g/mol. The van der Waals surface area contributed by atoms with E-state index in [1.165, 1.54) is 23.9 Å². The third kappa shape index (κ3) is 4.92. The van der Waals surface area contributed by atoms with Crippen LogP contribution in [0.2, 0.25) is 0 Å². The van der Waals surface area contributed by atoms with Crippen LogP contribution in [0.15, 0.2) is 88.5 Å². The molecule has 1 aromatic heterocycles. The molecule has 0 saturated carbocycles. The van der Waals surface area contributed by atoms with E-state index in [1.54, 1.807) is 16.8 Å². The van der Waals surface area contributed by atoms with E-state index in [9.17, 15) is 9.18 Å². The molecule has 3 aromatic carbocycles. The van der Waals surface area contributed by atoms with Gasteiger partial charge < -0.3 is 15.5 Å². The maximum atomic E-state index is 13.6. The first-order valence-corrected chi connectivity index (χ1v) is 12.1. The molecule has 0 radical (unpaired) electrons. The minimum Gasteiger partial charge on any atom is -0.486 e. The van der Waals surface area contributed by atoms with Crippen LogP contribution in [-0.2, 0) is 11.4 Å². The number of anilines is 1. The number of hydrogen-bond acceptors (Lipinski definition) is 6. The van der Waals surface area contributed by atoms with Crippen molar-refractivity contribution < 1.29 is 13.9 Å². The monoisotopic (exact) mass is 539 g/mol. The van der Waals surface area contributed by atoms with Gasteiger partial charge in [-0.15, -0.1) is 10.2 Å². The predicted octanol–water partition coefficient (Wildman–Crippen LogP) is 5.16. The number of amides is 1. The highest BCUT2D eigenvalue weighted by molar-refractivity contribution is 9.10. The summed E-state index contributed by atoms with van der Waals surface area (Å²) in [5, 5.41) is 11.4. The topological polar surface area (TPSA) is 81.1 Å². The second-order valence-electron chi connectivity index (χ2n) is 7.53. The standard InChI is InChI=1S/C24H19BrFN5O2S/c25-16-8-12-18(13-9-16)27-23(32)22-21(15-6-10-17(26)11-7-15)30-31-20(28-29-24(31)34-22)14-33-19-4-2-1-3-5-19/h1-13,21-22,30H,14H2,(H,27,32)/t21-,22+/m0/s1. The van der Waals surface area contributed by atoms with Gasteiger partial charge in [-0.1, -0.05) is 58.0 Å². The lowest BCUT2D eigenvalue weighted by Crippen LogP contribution is -2.41. The number of fused-ring (bicyclic) bond motifs is 1. The molecule has 5 rings (SSSR count). The van der Waals surface area contributed by atoms with Crippen molar-refractivity contribution in [2.75, 3.05) is 10.7 Å². The normalized spacial score (nSPS) is 16.9. The highest BCUT2D eigenvalue weighted by Crippen LogP contribution is 2.37. The second kappa shape index (κ2) is 9.86. The van der Waals surface area contributed by atoms with Crippen molar-refractivity contribution in [2.24, 2.45) is 0 Å². The molecular weight excluding hydrogens is 521 g/mol. The first-order chi connectivity index (χ1) is 16.6. The van der Waals surface area contributed by atoms with E-state index in [0.717, 1.165) is 10.0 Å². The van der Waals surface area contributed by atoms with Gasteiger partial charge in [0.1, 0.15) is 23.4 Å². The van der Waals surface area contributed by atoms with Gasteiger partial charge in [0.2, 0.25) is 11.1 Å². The summed E-state index contributed by atoms with van der Waals surface area (Å²) in [6.45, 7) is 0.191. The first-order valence-electron chi connectivity index (χ1n) is 10.4. The summed E-state index contributed by atoms with van der Waals surface area (Å²) in [5.41, 5.74) is 4.78. The van der Waals surface area contributed by atoms with E-state index in [2.05, 4.69) is 36.9 Å². The summed E-state index contributed by atoms with van der Waals surface area (Å²) >= 11 is 4.69. The molecule has 0 fully saturated rings. The number of benzene rings is 3. The average Bonchev–Trinajstić information content (AvgIpc) is 3.26. The fourth-order valence-electron chi connectivity index (χ4n) is 3.52. The number of nitrogens with zero attached hydrogens (tertiary/aromatic N) is 3. The van der Waals surface area contributed by atoms with Gasteiger partial charge in [-0.25, -0.2) is 9.07 Å². The zero-order valence-electron chi connectivity index (χ0n) is 17.7. The number of para-hydroxylation sites is 1. The Morgan fingerprint density at radius 1 is 1.06 bits per heavy atom. The number of rotatable bonds is 6. The smallest absolute Gasteiger partial charge is 0.240 e. The molecule has 4 aromatic rings. The van der Waals surface area contributed by atoms with Crippen LogP contribution in [0.25, 0.3) is 0 Å². The summed E-state index contributed by atoms with van der Waals surface area (Å²) in [7, 11) is 0. The van der Waals surface area contributed by atoms with Crippen LogP contribution < -0.4 is 15.5 Å². The lowest BCUT2D eigenvalue weighted by molar-refractivity contribution is -0.116. The molecule has 1 amide bonds. The largest absolute Gasteiger partial charge is 0.486 e. The number of aromatic nitrogens is 3. The minimum absolute atomic E-state index is 0.191. The third-order valence-corrected chi connectivity index (χ3v) is 6.96. The van der Waals surface area contributed by atoms with Gasteiger partial charge in [-0.05, 0) is 54.1 Å². The number of carbonyl (C=O) groups excluding carboxylic acids is 1. The van der Waals surface area contributed by atoms with Gasteiger partial charge in [0, 0.05) is 10.2 Å². The Hall–Kier alpha value is -3.37. The number of hydrogen-bond donors (Lipinski definition) is 2. The fraction of sp³-hybridized carbons (Fsp3) is 0.125. The Morgan fingerprint density at radius 3 is 2.53 bits per heavy atom. The molecule has 10 heteroatoms. The summed E-state index contributed by atoms with van der Waals surface area (Å²) in [5.74, 6) is 0.728. The molecule has 7 nitrogen and oxygen atoms in total. The Kier molecular flexibility index (Phi) is 6.50. The van der Waals surface area contributed by atoms with Crippen LogP contribution in [0, 0.1) is 5.82 Å². The molecule has 1 aliphatic rings. The quantitative estimate of drug-likeness (QED) is 0.352. The molecule has 0 bridgehead atoms. The van der Waals surface area contributed by atoms with E-state index in [1.807, 2.05) is 54.6 Å². The molecular formula is C24H19BrFN5O2S. The number of thioether (sulfide) groups is 1. The van der Waals surface area contributed by atoms with Crippen molar-refractivity contribution in [3.8, 4) is 5.75 Å². The highest BCUT2D eigenvalue weighted by atomic mass is 79.9. The molecule has 0 aliphatic carbocycles. The maximum absolute atomic E-state index is 13.6. The fourth-order valence-corrected chi connectivity index (χ4v) is 4.89. The lowest BCUT2D eigenvalue weighted by Gasteiger charge is -2.33. The molecule has 0 saturated heterocycles. The highest BCUT2D eigenvalue weighted by Gasteiger charge is 2.38. The van der Waals surface area contributed by atoms with Gasteiger partial charge in [0.05, 0.1) is 6.04 Å². The van der Waals surface area contributed by atoms with Crippen LogP contribution in [0.1, 0.15) is 17.4 Å². The summed E-state index contributed by atoms with van der Waals surface area (Å²) in [6.07, 6.45) is 0. The predicted molar refractivity (Wildman–Crippen MR) is 132 cm³/mol. The molecule has 2 heterocycles. The Bertz CT molecular complexity index is 1290. The van der Waals surface area contributed by atoms with Crippen molar-refractivity contribution >= 4 is 39.3 Å². The number of carbonyl (C=O) groups is 1. The minimum atomic E-state index is -0.575. The van der Waals surface area contributed by atoms with Crippen LogP contribution in [0.5, 0.6) is 5.75 Å². The second-order valence-corrected chi connectivity index (χ2v) is 9.55. The maximum Gasteiger partial charge on any atom is 0.240 e. The Morgan fingerprint density at radius 2 is 1.79 bits per heavy atom. The van der Waals surface area contributed by atoms with Gasteiger partial charge in [-0.2, -0.15) is 0 Å². The van der Waals surface area contributed by atoms with Crippen molar-refractivity contribution in [3.63, 3.8) is 0 Å². The van der Waals surface area contributed by atoms with Gasteiger partial charge in [0.15, 0.2) is 5.82 Å². The van der Waals surface area contributed by atoms with Crippen molar-refractivity contribution in [3.05, 3.63) is 101 Å². The zero-order chi connectivity index (χ0) is 23.5. The molecule has 0 spiro atoms. The summed E-state index contributed by atoms with van der Waals surface area (Å²) in [4.78, 5) is 13.3. The van der Waals surface area contributed by atoms with Crippen molar-refractivity contribution in [2.45, 2.75) is 23.1 Å². The van der Waals surface area contributed by atoms with E-state index in [4.69, 9.17) is 4.74 Å². The number of nitrogens with one attached hydrogen (secondary N) is 2. The number of ether oxygens (including phenoxy) is 1. The van der Waals surface area contributed by atoms with E-state index in [-0.39, 0.29) is 18.3 Å².